The number of nitrogens with zero attached hydrogens (tertiary/aromatic N) is 3. The lowest BCUT2D eigenvalue weighted by Crippen LogP contribution is -2.50. The van der Waals surface area contributed by atoms with Crippen LogP contribution in [-0.4, -0.2) is 55.3 Å². The number of benzene rings is 2. The molecule has 4 rings (SSSR count). The number of anilines is 1. The Morgan fingerprint density at radius 3 is 2.24 bits per heavy atom. The van der Waals surface area contributed by atoms with Crippen LogP contribution in [0.1, 0.15) is 40.7 Å². The molecule has 0 spiro atoms. The zero-order chi connectivity index (χ0) is 22.9. The van der Waals surface area contributed by atoms with E-state index < -0.39 is 0 Å². The van der Waals surface area contributed by atoms with Gasteiger partial charge in [0.15, 0.2) is 5.82 Å². The molecule has 1 amide bonds. The highest BCUT2D eigenvalue weighted by Gasteiger charge is 2.23. The summed E-state index contributed by atoms with van der Waals surface area (Å²) in [6, 6.07) is 24.6. The van der Waals surface area contributed by atoms with Gasteiger partial charge in [-0.05, 0) is 36.6 Å². The summed E-state index contributed by atoms with van der Waals surface area (Å²) >= 11 is 0. The predicted octanol–water partition coefficient (Wildman–Crippen LogP) is 4.11. The highest BCUT2D eigenvalue weighted by molar-refractivity contribution is 5.98. The van der Waals surface area contributed by atoms with Gasteiger partial charge in [-0.1, -0.05) is 60.7 Å². The number of nitrogens with one attached hydrogen (secondary N) is 1. The van der Waals surface area contributed by atoms with Crippen LogP contribution in [0, 0.1) is 0 Å². The lowest BCUT2D eigenvalue weighted by Gasteiger charge is -2.38. The fourth-order valence-corrected chi connectivity index (χ4v) is 4.38. The molecule has 0 aliphatic carbocycles. The number of hydrogen-bond donors (Lipinski definition) is 1. The second-order valence-corrected chi connectivity index (χ2v) is 8.07. The van der Waals surface area contributed by atoms with Gasteiger partial charge in [0.25, 0.3) is 5.91 Å². The Bertz CT molecular complexity index is 967. The third kappa shape index (κ3) is 5.78. The number of carbonyl (C=O) groups excluding carboxylic acids is 1. The van der Waals surface area contributed by atoms with Crippen LogP contribution in [0.25, 0.3) is 0 Å². The van der Waals surface area contributed by atoms with Crippen LogP contribution in [0.4, 0.5) is 5.82 Å². The molecule has 1 aromatic heterocycles. The number of pyridine rings is 1. The summed E-state index contributed by atoms with van der Waals surface area (Å²) in [6.45, 7) is 6.35. The van der Waals surface area contributed by atoms with E-state index in [2.05, 4.69) is 75.8 Å². The van der Waals surface area contributed by atoms with Crippen LogP contribution in [0.2, 0.25) is 0 Å². The van der Waals surface area contributed by atoms with E-state index >= 15 is 0 Å². The van der Waals surface area contributed by atoms with Crippen molar-refractivity contribution in [1.29, 1.82) is 0 Å². The van der Waals surface area contributed by atoms with E-state index in [1.54, 1.807) is 6.20 Å². The van der Waals surface area contributed by atoms with Crippen molar-refractivity contribution in [2.45, 2.75) is 19.3 Å². The second kappa shape index (κ2) is 11.6. The van der Waals surface area contributed by atoms with Crippen molar-refractivity contribution in [1.82, 2.24) is 15.3 Å². The molecule has 6 heteroatoms. The highest BCUT2D eigenvalue weighted by Crippen LogP contribution is 2.27. The van der Waals surface area contributed by atoms with Gasteiger partial charge in [0, 0.05) is 38.3 Å². The third-order valence-corrected chi connectivity index (χ3v) is 6.03. The fraction of sp³-hybridized carbons (Fsp3) is 0.333. The molecule has 1 fully saturated rings. The smallest absolute Gasteiger partial charge is 0.255 e. The summed E-state index contributed by atoms with van der Waals surface area (Å²) < 4.78 is 5.49. The number of rotatable bonds is 9. The van der Waals surface area contributed by atoms with Crippen molar-refractivity contribution in [2.24, 2.45) is 0 Å². The molecule has 0 unspecified atom stereocenters. The van der Waals surface area contributed by atoms with E-state index in [0.717, 1.165) is 26.1 Å². The molecule has 1 N–H and O–H groups in total. The first-order valence-electron chi connectivity index (χ1n) is 11.7. The van der Waals surface area contributed by atoms with Crippen LogP contribution >= 0.6 is 0 Å². The Kier molecular flexibility index (Phi) is 8.06. The summed E-state index contributed by atoms with van der Waals surface area (Å²) in [5.74, 6) is 0.827. The maximum Gasteiger partial charge on any atom is 0.255 e. The van der Waals surface area contributed by atoms with Crippen molar-refractivity contribution in [3.63, 3.8) is 0 Å². The molecule has 0 saturated carbocycles. The molecule has 1 saturated heterocycles. The minimum Gasteiger partial charge on any atom is -0.379 e. The van der Waals surface area contributed by atoms with E-state index in [4.69, 9.17) is 4.74 Å². The van der Waals surface area contributed by atoms with E-state index in [0.29, 0.717) is 31.1 Å². The molecule has 172 valence electrons. The first kappa shape index (κ1) is 23.0. The minimum absolute atomic E-state index is 0.0929. The van der Waals surface area contributed by atoms with Gasteiger partial charge >= 0.3 is 0 Å². The Morgan fingerprint density at radius 1 is 1.00 bits per heavy atom. The summed E-state index contributed by atoms with van der Waals surface area (Å²) in [4.78, 5) is 17.8. The van der Waals surface area contributed by atoms with Crippen molar-refractivity contribution in [3.05, 3.63) is 95.7 Å². The van der Waals surface area contributed by atoms with Crippen molar-refractivity contribution >= 4 is 11.7 Å². The van der Waals surface area contributed by atoms with Crippen LogP contribution in [0.15, 0.2) is 79.0 Å². The molecule has 1 aliphatic rings. The summed E-state index contributed by atoms with van der Waals surface area (Å²) in [5, 5.41) is 7.45. The number of morpholine rings is 1. The summed E-state index contributed by atoms with van der Waals surface area (Å²) in [5.41, 5.74) is 3.11. The first-order valence-corrected chi connectivity index (χ1v) is 11.7. The van der Waals surface area contributed by atoms with Crippen LogP contribution < -0.4 is 10.3 Å². The molecule has 33 heavy (non-hydrogen) atoms. The van der Waals surface area contributed by atoms with Gasteiger partial charge in [-0.2, -0.15) is 0 Å². The zero-order valence-corrected chi connectivity index (χ0v) is 19.2. The van der Waals surface area contributed by atoms with E-state index in [1.165, 1.54) is 11.1 Å². The Morgan fingerprint density at radius 2 is 1.64 bits per heavy atom. The number of hydrazine groups is 1. The fourth-order valence-electron chi connectivity index (χ4n) is 4.38. The zero-order valence-electron chi connectivity index (χ0n) is 19.2. The Hall–Kier alpha value is -3.22. The van der Waals surface area contributed by atoms with Crippen LogP contribution in [0.3, 0.4) is 0 Å². The molecular formula is C27H32N4O2. The lowest BCUT2D eigenvalue weighted by atomic mass is 9.88. The van der Waals surface area contributed by atoms with Gasteiger partial charge in [0.05, 0.1) is 18.8 Å². The number of hydrogen-bond acceptors (Lipinski definition) is 5. The van der Waals surface area contributed by atoms with Crippen LogP contribution in [-0.2, 0) is 4.74 Å². The molecule has 3 aromatic rings. The Balaban J connectivity index is 1.46. The SMILES string of the molecule is CCN(c1ncccc1C(=O)NCCC(c1ccccc1)c1ccccc1)N1CCOCC1. The Labute approximate surface area is 196 Å². The average Bonchev–Trinajstić information content (AvgIpc) is 2.89. The molecular weight excluding hydrogens is 412 g/mol. The quantitative estimate of drug-likeness (QED) is 0.538. The topological polar surface area (TPSA) is 57.7 Å². The van der Waals surface area contributed by atoms with Crippen LogP contribution in [0.5, 0.6) is 0 Å². The summed E-state index contributed by atoms with van der Waals surface area (Å²) in [7, 11) is 0. The van der Waals surface area contributed by atoms with Gasteiger partial charge in [-0.15, -0.1) is 0 Å². The first-order chi connectivity index (χ1) is 16.3. The largest absolute Gasteiger partial charge is 0.379 e. The van der Waals surface area contributed by atoms with Crippen molar-refractivity contribution in [2.75, 3.05) is 44.4 Å². The maximum atomic E-state index is 13.2. The molecule has 1 aliphatic heterocycles. The average molecular weight is 445 g/mol. The van der Waals surface area contributed by atoms with E-state index in [-0.39, 0.29) is 11.8 Å². The minimum atomic E-state index is -0.0929. The molecule has 0 atom stereocenters. The van der Waals surface area contributed by atoms with Gasteiger partial charge in [0.2, 0.25) is 0 Å². The van der Waals surface area contributed by atoms with E-state index in [1.807, 2.05) is 24.3 Å². The molecule has 0 bridgehead atoms. The molecule has 0 radical (unpaired) electrons. The van der Waals surface area contributed by atoms with Gasteiger partial charge < -0.3 is 10.1 Å². The monoisotopic (exact) mass is 444 g/mol. The maximum absolute atomic E-state index is 13.2. The van der Waals surface area contributed by atoms with Gasteiger partial charge in [-0.25, -0.2) is 9.99 Å². The number of ether oxygens (including phenoxy) is 1. The lowest BCUT2D eigenvalue weighted by molar-refractivity contribution is 0.0317. The normalized spacial score (nSPS) is 14.2. The number of amides is 1. The summed E-state index contributed by atoms with van der Waals surface area (Å²) in [6.07, 6.45) is 2.56. The number of carbonyl (C=O) groups is 1. The standard InChI is InChI=1S/C27H32N4O2/c1-2-31(30-18-20-33-21-19-30)26-25(14-9-16-28-26)27(32)29-17-15-24(22-10-5-3-6-11-22)23-12-7-4-8-13-23/h3-14,16,24H,2,15,17-21H2,1H3,(H,29,32). The van der Waals surface area contributed by atoms with Crippen molar-refractivity contribution < 1.29 is 9.53 Å². The third-order valence-electron chi connectivity index (χ3n) is 6.03. The predicted molar refractivity (Wildman–Crippen MR) is 131 cm³/mol. The molecule has 2 aromatic carbocycles. The van der Waals surface area contributed by atoms with Gasteiger partial charge in [-0.3, -0.25) is 9.80 Å². The van der Waals surface area contributed by atoms with Crippen molar-refractivity contribution in [3.8, 4) is 0 Å². The molecule has 2 heterocycles. The van der Waals surface area contributed by atoms with Gasteiger partial charge in [0.1, 0.15) is 0 Å². The second-order valence-electron chi connectivity index (χ2n) is 8.07. The highest BCUT2D eigenvalue weighted by atomic mass is 16.5. The molecule has 6 nitrogen and oxygen atoms in total. The number of aromatic nitrogens is 1. The van der Waals surface area contributed by atoms with E-state index in [9.17, 15) is 4.79 Å².